The molecule has 0 aromatic heterocycles. The van der Waals surface area contributed by atoms with Gasteiger partial charge in [0, 0.05) is 31.7 Å². The first-order chi connectivity index (χ1) is 10.8. The van der Waals surface area contributed by atoms with Crippen LogP contribution in [0, 0.1) is 0 Å². The highest BCUT2D eigenvalue weighted by molar-refractivity contribution is 5.21. The Bertz CT molecular complexity index is 552. The van der Waals surface area contributed by atoms with Crippen molar-refractivity contribution in [2.75, 3.05) is 13.1 Å². The fourth-order valence-electron chi connectivity index (χ4n) is 3.42. The summed E-state index contributed by atoms with van der Waals surface area (Å²) in [7, 11) is 0. The average Bonchev–Trinajstić information content (AvgIpc) is 2.57. The molecule has 116 valence electrons. The van der Waals surface area contributed by atoms with Crippen LogP contribution in [0.1, 0.15) is 36.9 Å². The highest BCUT2D eigenvalue weighted by Crippen LogP contribution is 2.22. The first kappa shape index (κ1) is 15.3. The third-order valence-corrected chi connectivity index (χ3v) is 4.44. The molecule has 1 N–H and O–H groups in total. The Morgan fingerprint density at radius 3 is 2.32 bits per heavy atom. The largest absolute Gasteiger partial charge is 0.305 e. The molecule has 0 bridgehead atoms. The van der Waals surface area contributed by atoms with Crippen LogP contribution in [0.15, 0.2) is 60.7 Å². The van der Waals surface area contributed by atoms with Crippen molar-refractivity contribution in [1.82, 2.24) is 10.2 Å². The smallest absolute Gasteiger partial charge is 0.0452 e. The summed E-state index contributed by atoms with van der Waals surface area (Å²) in [6, 6.07) is 22.7. The summed E-state index contributed by atoms with van der Waals surface area (Å²) in [5.74, 6) is 0. The van der Waals surface area contributed by atoms with Gasteiger partial charge in [-0.1, -0.05) is 74.0 Å². The molecule has 2 unspecified atom stereocenters. The van der Waals surface area contributed by atoms with Crippen LogP contribution < -0.4 is 5.32 Å². The van der Waals surface area contributed by atoms with Gasteiger partial charge in [-0.15, -0.1) is 0 Å². The molecule has 1 aliphatic heterocycles. The summed E-state index contributed by atoms with van der Waals surface area (Å²) in [5.41, 5.74) is 2.81. The molecule has 2 heteroatoms. The average molecular weight is 294 g/mol. The van der Waals surface area contributed by atoms with Crippen molar-refractivity contribution in [2.45, 2.75) is 38.4 Å². The van der Waals surface area contributed by atoms with E-state index >= 15 is 0 Å². The van der Waals surface area contributed by atoms with Crippen molar-refractivity contribution < 1.29 is 0 Å². The number of rotatable bonds is 5. The Morgan fingerprint density at radius 2 is 1.64 bits per heavy atom. The van der Waals surface area contributed by atoms with Gasteiger partial charge in [0.05, 0.1) is 0 Å². The predicted molar refractivity (Wildman–Crippen MR) is 92.7 cm³/mol. The zero-order valence-corrected chi connectivity index (χ0v) is 13.4. The molecule has 0 amide bonds. The van der Waals surface area contributed by atoms with Crippen molar-refractivity contribution >= 4 is 0 Å². The van der Waals surface area contributed by atoms with Gasteiger partial charge in [0.25, 0.3) is 0 Å². The van der Waals surface area contributed by atoms with E-state index in [-0.39, 0.29) is 0 Å². The predicted octanol–water partition coefficient (Wildman–Crippen LogP) is 4.00. The maximum atomic E-state index is 3.84. The van der Waals surface area contributed by atoms with Gasteiger partial charge in [0.15, 0.2) is 0 Å². The second-order valence-corrected chi connectivity index (χ2v) is 6.30. The minimum absolute atomic E-state index is 0.440. The molecule has 0 saturated carbocycles. The fourth-order valence-corrected chi connectivity index (χ4v) is 3.42. The second-order valence-electron chi connectivity index (χ2n) is 6.30. The van der Waals surface area contributed by atoms with Crippen molar-refractivity contribution in [3.63, 3.8) is 0 Å². The highest BCUT2D eigenvalue weighted by Gasteiger charge is 2.26. The summed E-state index contributed by atoms with van der Waals surface area (Å²) in [6.07, 6.45) is 2.48. The van der Waals surface area contributed by atoms with Gasteiger partial charge in [-0.25, -0.2) is 0 Å². The quantitative estimate of drug-likeness (QED) is 0.896. The van der Waals surface area contributed by atoms with E-state index in [4.69, 9.17) is 0 Å². The molecule has 2 aromatic rings. The summed E-state index contributed by atoms with van der Waals surface area (Å²) >= 11 is 0. The molecule has 0 aliphatic carbocycles. The van der Waals surface area contributed by atoms with Crippen LogP contribution in [0.2, 0.25) is 0 Å². The monoisotopic (exact) mass is 294 g/mol. The van der Waals surface area contributed by atoms with Crippen molar-refractivity contribution in [1.29, 1.82) is 0 Å². The Balaban J connectivity index is 1.72. The van der Waals surface area contributed by atoms with E-state index in [2.05, 4.69) is 77.8 Å². The molecule has 1 aliphatic rings. The number of hydrogen-bond acceptors (Lipinski definition) is 2. The lowest BCUT2D eigenvalue weighted by atomic mass is 9.99. The Kier molecular flexibility index (Phi) is 5.25. The van der Waals surface area contributed by atoms with Crippen LogP contribution >= 0.6 is 0 Å². The maximum absolute atomic E-state index is 3.84. The number of piperazine rings is 1. The van der Waals surface area contributed by atoms with Crippen LogP contribution in [0.5, 0.6) is 0 Å². The van der Waals surface area contributed by atoms with Gasteiger partial charge >= 0.3 is 0 Å². The minimum atomic E-state index is 0.440. The molecular weight excluding hydrogens is 268 g/mol. The molecule has 0 radical (unpaired) electrons. The van der Waals surface area contributed by atoms with Gasteiger partial charge < -0.3 is 5.32 Å². The van der Waals surface area contributed by atoms with Gasteiger partial charge in [0.1, 0.15) is 0 Å². The number of nitrogens with zero attached hydrogens (tertiary/aromatic N) is 1. The zero-order valence-electron chi connectivity index (χ0n) is 13.4. The van der Waals surface area contributed by atoms with Crippen molar-refractivity contribution in [3.8, 4) is 0 Å². The summed E-state index contributed by atoms with van der Waals surface area (Å²) in [6.45, 7) is 5.55. The molecule has 3 rings (SSSR count). The highest BCUT2D eigenvalue weighted by atomic mass is 15.2. The number of hydrogen-bond donors (Lipinski definition) is 1. The Labute approximate surface area is 134 Å². The fraction of sp³-hybridized carbons (Fsp3) is 0.400. The third kappa shape index (κ3) is 3.96. The van der Waals surface area contributed by atoms with E-state index in [9.17, 15) is 0 Å². The third-order valence-electron chi connectivity index (χ3n) is 4.44. The van der Waals surface area contributed by atoms with Crippen LogP contribution in [0.3, 0.4) is 0 Å². The topological polar surface area (TPSA) is 15.3 Å². The first-order valence-corrected chi connectivity index (χ1v) is 8.42. The number of benzene rings is 2. The molecule has 1 saturated heterocycles. The summed E-state index contributed by atoms with van der Waals surface area (Å²) in [5, 5.41) is 3.84. The molecular formula is C20H26N2. The van der Waals surface area contributed by atoms with E-state index in [1.54, 1.807) is 0 Å². The summed E-state index contributed by atoms with van der Waals surface area (Å²) in [4.78, 5) is 2.60. The first-order valence-electron chi connectivity index (χ1n) is 8.42. The lowest BCUT2D eigenvalue weighted by molar-refractivity contribution is 0.148. The Morgan fingerprint density at radius 1 is 0.955 bits per heavy atom. The molecule has 2 aromatic carbocycles. The molecule has 1 heterocycles. The second kappa shape index (κ2) is 7.57. The van der Waals surface area contributed by atoms with Gasteiger partial charge in [-0.2, -0.15) is 0 Å². The van der Waals surface area contributed by atoms with Crippen molar-refractivity contribution in [3.05, 3.63) is 71.8 Å². The Hall–Kier alpha value is -1.64. The van der Waals surface area contributed by atoms with Crippen LogP contribution in [0.4, 0.5) is 0 Å². The summed E-state index contributed by atoms with van der Waals surface area (Å²) < 4.78 is 0. The van der Waals surface area contributed by atoms with E-state index in [0.29, 0.717) is 12.1 Å². The van der Waals surface area contributed by atoms with E-state index in [1.807, 2.05) is 0 Å². The van der Waals surface area contributed by atoms with Crippen LogP contribution in [-0.2, 0) is 6.54 Å². The standard InChI is InChI=1S/C20H26N2/c1-2-9-19-15-22(14-17-10-5-3-6-11-17)16-20(21-19)18-12-7-4-8-13-18/h3-8,10-13,19-21H,2,9,14-16H2,1H3. The number of nitrogens with one attached hydrogen (secondary N) is 1. The lowest BCUT2D eigenvalue weighted by Crippen LogP contribution is -2.51. The molecule has 2 atom stereocenters. The van der Waals surface area contributed by atoms with Gasteiger partial charge in [0.2, 0.25) is 0 Å². The molecule has 2 nitrogen and oxygen atoms in total. The van der Waals surface area contributed by atoms with Crippen LogP contribution in [-0.4, -0.2) is 24.0 Å². The zero-order chi connectivity index (χ0) is 15.2. The van der Waals surface area contributed by atoms with Crippen LogP contribution in [0.25, 0.3) is 0 Å². The van der Waals surface area contributed by atoms with E-state index in [1.165, 1.54) is 24.0 Å². The van der Waals surface area contributed by atoms with Gasteiger partial charge in [-0.05, 0) is 17.5 Å². The molecule has 0 spiro atoms. The SMILES string of the molecule is CCCC1CN(Cc2ccccc2)CC(c2ccccc2)N1. The lowest BCUT2D eigenvalue weighted by Gasteiger charge is -2.39. The van der Waals surface area contributed by atoms with Crippen molar-refractivity contribution in [2.24, 2.45) is 0 Å². The van der Waals surface area contributed by atoms with E-state index in [0.717, 1.165) is 19.6 Å². The minimum Gasteiger partial charge on any atom is -0.305 e. The maximum Gasteiger partial charge on any atom is 0.0452 e. The molecule has 22 heavy (non-hydrogen) atoms. The normalized spacial score (nSPS) is 22.6. The van der Waals surface area contributed by atoms with Gasteiger partial charge in [-0.3, -0.25) is 4.90 Å². The molecule has 1 fully saturated rings. The van der Waals surface area contributed by atoms with E-state index < -0.39 is 0 Å².